The zero-order valence-electron chi connectivity index (χ0n) is 7.48. The monoisotopic (exact) mass is 179 g/mol. The van der Waals surface area contributed by atoms with Crippen molar-refractivity contribution in [2.45, 2.75) is 12.8 Å². The van der Waals surface area contributed by atoms with E-state index in [1.54, 1.807) is 7.11 Å². The number of nitrogens with zero attached hydrogens (tertiary/aromatic N) is 1. The van der Waals surface area contributed by atoms with Crippen LogP contribution in [0.5, 0.6) is 0 Å². The third kappa shape index (κ3) is 8.11. The molecule has 0 bridgehead atoms. The summed E-state index contributed by atoms with van der Waals surface area (Å²) in [6.07, 6.45) is 2.34. The Labute approximate surface area is 74.5 Å². The summed E-state index contributed by atoms with van der Waals surface area (Å²) in [6.45, 7) is 2.97. The van der Waals surface area contributed by atoms with Crippen LogP contribution < -0.4 is 0 Å². The van der Waals surface area contributed by atoms with Gasteiger partial charge in [-0.2, -0.15) is 0 Å². The molecule has 0 atom stereocenters. The van der Waals surface area contributed by atoms with Gasteiger partial charge in [-0.25, -0.2) is 0 Å². The van der Waals surface area contributed by atoms with E-state index in [0.717, 1.165) is 32.0 Å². The fourth-order valence-electron chi connectivity index (χ4n) is 0.884. The maximum atomic E-state index is 5.57. The molecule has 0 unspecified atom stereocenters. The van der Waals surface area contributed by atoms with E-state index in [2.05, 4.69) is 11.9 Å². The molecule has 0 rings (SSSR count). The maximum Gasteiger partial charge on any atom is 0.0462 e. The molecule has 68 valence electrons. The van der Waals surface area contributed by atoms with Crippen molar-refractivity contribution in [3.8, 4) is 0 Å². The molecule has 11 heavy (non-hydrogen) atoms. The lowest BCUT2D eigenvalue weighted by Crippen LogP contribution is -2.22. The Morgan fingerprint density at radius 3 is 2.55 bits per heavy atom. The van der Waals surface area contributed by atoms with Crippen molar-refractivity contribution in [3.05, 3.63) is 0 Å². The molecule has 2 nitrogen and oxygen atoms in total. The van der Waals surface area contributed by atoms with Gasteiger partial charge in [0.1, 0.15) is 0 Å². The molecule has 0 saturated heterocycles. The van der Waals surface area contributed by atoms with E-state index < -0.39 is 0 Å². The fourth-order valence-corrected chi connectivity index (χ4v) is 1.17. The molecular weight excluding hydrogens is 162 g/mol. The van der Waals surface area contributed by atoms with E-state index in [-0.39, 0.29) is 0 Å². The molecule has 0 aromatic rings. The molecule has 0 aromatic carbocycles. The molecular formula is C8H18ClNO. The van der Waals surface area contributed by atoms with Crippen molar-refractivity contribution in [2.75, 3.05) is 39.7 Å². The SMILES string of the molecule is COCCCCN(C)CCCl. The van der Waals surface area contributed by atoms with Crippen LogP contribution in [0.3, 0.4) is 0 Å². The van der Waals surface area contributed by atoms with Gasteiger partial charge in [0.15, 0.2) is 0 Å². The molecule has 0 saturated carbocycles. The van der Waals surface area contributed by atoms with Crippen LogP contribution in [0, 0.1) is 0 Å². The van der Waals surface area contributed by atoms with E-state index in [9.17, 15) is 0 Å². The van der Waals surface area contributed by atoms with Crippen molar-refractivity contribution in [1.29, 1.82) is 0 Å². The third-order valence-corrected chi connectivity index (χ3v) is 1.77. The average molecular weight is 180 g/mol. The number of hydrogen-bond acceptors (Lipinski definition) is 2. The predicted octanol–water partition coefficient (Wildman–Crippen LogP) is 1.58. The molecule has 3 heteroatoms. The van der Waals surface area contributed by atoms with Gasteiger partial charge in [0.2, 0.25) is 0 Å². The Bertz CT molecular complexity index is 80.5. The standard InChI is InChI=1S/C8H18ClNO/c1-10(7-5-9)6-3-4-8-11-2/h3-8H2,1-2H3. The van der Waals surface area contributed by atoms with Crippen LogP contribution in [0.1, 0.15) is 12.8 Å². The molecule has 0 fully saturated rings. The van der Waals surface area contributed by atoms with Crippen LogP contribution in [0.2, 0.25) is 0 Å². The summed E-state index contributed by atoms with van der Waals surface area (Å²) in [7, 11) is 3.83. The summed E-state index contributed by atoms with van der Waals surface area (Å²) in [5, 5.41) is 0. The van der Waals surface area contributed by atoms with Gasteiger partial charge in [0.05, 0.1) is 0 Å². The molecule has 0 amide bonds. The summed E-state index contributed by atoms with van der Waals surface area (Å²) in [6, 6.07) is 0. The number of hydrogen-bond donors (Lipinski definition) is 0. The highest BCUT2D eigenvalue weighted by Gasteiger charge is 1.95. The van der Waals surface area contributed by atoms with Crippen molar-refractivity contribution in [3.63, 3.8) is 0 Å². The number of ether oxygens (including phenoxy) is 1. The highest BCUT2D eigenvalue weighted by Crippen LogP contribution is 1.93. The number of rotatable bonds is 7. The number of alkyl halides is 1. The Hall–Kier alpha value is 0.210. The van der Waals surface area contributed by atoms with E-state index in [1.165, 1.54) is 6.42 Å². The van der Waals surface area contributed by atoms with Crippen molar-refractivity contribution < 1.29 is 4.74 Å². The van der Waals surface area contributed by atoms with Gasteiger partial charge in [-0.05, 0) is 26.4 Å². The topological polar surface area (TPSA) is 12.5 Å². The summed E-state index contributed by atoms with van der Waals surface area (Å²) in [5.74, 6) is 0.723. The highest BCUT2D eigenvalue weighted by atomic mass is 35.5. The van der Waals surface area contributed by atoms with E-state index >= 15 is 0 Å². The van der Waals surface area contributed by atoms with Crippen LogP contribution >= 0.6 is 11.6 Å². The second-order valence-corrected chi connectivity index (χ2v) is 3.07. The molecule has 0 aliphatic heterocycles. The van der Waals surface area contributed by atoms with Gasteiger partial charge in [-0.1, -0.05) is 0 Å². The Morgan fingerprint density at radius 2 is 2.00 bits per heavy atom. The first-order chi connectivity index (χ1) is 5.31. The van der Waals surface area contributed by atoms with Crippen LogP contribution in [-0.2, 0) is 4.74 Å². The minimum Gasteiger partial charge on any atom is -0.385 e. The van der Waals surface area contributed by atoms with Gasteiger partial charge >= 0.3 is 0 Å². The van der Waals surface area contributed by atoms with Crippen LogP contribution in [-0.4, -0.2) is 44.6 Å². The smallest absolute Gasteiger partial charge is 0.0462 e. The summed E-state index contributed by atoms with van der Waals surface area (Å²) in [4.78, 5) is 2.24. The lowest BCUT2D eigenvalue weighted by molar-refractivity contribution is 0.188. The first-order valence-corrected chi connectivity index (χ1v) is 4.58. The van der Waals surface area contributed by atoms with Gasteiger partial charge in [-0.3, -0.25) is 0 Å². The predicted molar refractivity (Wildman–Crippen MR) is 49.3 cm³/mol. The molecule has 0 aliphatic rings. The molecule has 0 N–H and O–H groups in total. The van der Waals surface area contributed by atoms with Gasteiger partial charge in [-0.15, -0.1) is 11.6 Å². The van der Waals surface area contributed by atoms with Gasteiger partial charge in [0, 0.05) is 26.1 Å². The Kier molecular flexibility index (Phi) is 8.47. The summed E-state index contributed by atoms with van der Waals surface area (Å²) in [5.41, 5.74) is 0. The second-order valence-electron chi connectivity index (χ2n) is 2.69. The number of unbranched alkanes of at least 4 members (excludes halogenated alkanes) is 1. The summed E-state index contributed by atoms with van der Waals surface area (Å²) < 4.78 is 4.94. The van der Waals surface area contributed by atoms with E-state index in [0.29, 0.717) is 0 Å². The van der Waals surface area contributed by atoms with Gasteiger partial charge < -0.3 is 9.64 Å². The minimum atomic E-state index is 0.723. The fraction of sp³-hybridized carbons (Fsp3) is 1.00. The molecule has 0 aromatic heterocycles. The summed E-state index contributed by atoms with van der Waals surface area (Å²) >= 11 is 5.57. The maximum absolute atomic E-state index is 5.57. The normalized spacial score (nSPS) is 10.9. The van der Waals surface area contributed by atoms with Crippen LogP contribution in [0.25, 0.3) is 0 Å². The molecule has 0 aliphatic carbocycles. The molecule has 0 spiro atoms. The Balaban J connectivity index is 2.97. The zero-order valence-corrected chi connectivity index (χ0v) is 8.23. The first kappa shape index (κ1) is 11.2. The van der Waals surface area contributed by atoms with Crippen molar-refractivity contribution in [2.24, 2.45) is 0 Å². The largest absolute Gasteiger partial charge is 0.385 e. The van der Waals surface area contributed by atoms with E-state index in [1.807, 2.05) is 0 Å². The lowest BCUT2D eigenvalue weighted by Gasteiger charge is -2.13. The van der Waals surface area contributed by atoms with Crippen molar-refractivity contribution >= 4 is 11.6 Å². The van der Waals surface area contributed by atoms with Crippen LogP contribution in [0.15, 0.2) is 0 Å². The average Bonchev–Trinajstić information content (AvgIpc) is 1.99. The quantitative estimate of drug-likeness (QED) is 0.435. The van der Waals surface area contributed by atoms with Crippen molar-refractivity contribution in [1.82, 2.24) is 4.90 Å². The number of methoxy groups -OCH3 is 1. The Morgan fingerprint density at radius 1 is 1.27 bits per heavy atom. The third-order valence-electron chi connectivity index (χ3n) is 1.60. The highest BCUT2D eigenvalue weighted by molar-refractivity contribution is 6.18. The number of halogens is 1. The zero-order chi connectivity index (χ0) is 8.53. The molecule has 0 radical (unpaired) electrons. The van der Waals surface area contributed by atoms with Gasteiger partial charge in [0.25, 0.3) is 0 Å². The molecule has 0 heterocycles. The lowest BCUT2D eigenvalue weighted by atomic mass is 10.3. The first-order valence-electron chi connectivity index (χ1n) is 4.04. The van der Waals surface area contributed by atoms with Crippen LogP contribution in [0.4, 0.5) is 0 Å². The minimum absolute atomic E-state index is 0.723. The second kappa shape index (κ2) is 8.31. The van der Waals surface area contributed by atoms with E-state index in [4.69, 9.17) is 16.3 Å².